The molecule has 0 atom stereocenters. The van der Waals surface area contributed by atoms with Crippen LogP contribution in [0.15, 0.2) is 22.7 Å². The van der Waals surface area contributed by atoms with Crippen molar-refractivity contribution >= 4 is 21.6 Å². The Labute approximate surface area is 122 Å². The van der Waals surface area contributed by atoms with E-state index in [9.17, 15) is 5.26 Å². The van der Waals surface area contributed by atoms with Gasteiger partial charge in [-0.1, -0.05) is 15.9 Å². The molecule has 0 aromatic heterocycles. The van der Waals surface area contributed by atoms with Crippen LogP contribution in [-0.2, 0) is 0 Å². The Morgan fingerprint density at radius 1 is 1.26 bits per heavy atom. The fourth-order valence-corrected chi connectivity index (χ4v) is 3.16. The van der Waals surface area contributed by atoms with Gasteiger partial charge in [0.1, 0.15) is 6.07 Å². The van der Waals surface area contributed by atoms with E-state index < -0.39 is 0 Å². The van der Waals surface area contributed by atoms with E-state index in [4.69, 9.17) is 0 Å². The minimum Gasteiger partial charge on any atom is -0.367 e. The second-order valence-electron chi connectivity index (χ2n) is 5.12. The zero-order valence-corrected chi connectivity index (χ0v) is 12.4. The van der Waals surface area contributed by atoms with E-state index in [1.165, 1.54) is 0 Å². The van der Waals surface area contributed by atoms with Gasteiger partial charge in [-0.2, -0.15) is 5.26 Å². The average Bonchev–Trinajstić information content (AvgIpc) is 2.40. The van der Waals surface area contributed by atoms with Crippen LogP contribution in [-0.4, -0.2) is 50.2 Å². The van der Waals surface area contributed by atoms with Gasteiger partial charge in [-0.05, 0) is 18.2 Å². The Morgan fingerprint density at radius 3 is 2.68 bits per heavy atom. The molecule has 0 unspecified atom stereocenters. The summed E-state index contributed by atoms with van der Waals surface area (Å²) in [6.07, 6.45) is 0. The summed E-state index contributed by atoms with van der Waals surface area (Å²) >= 11 is 3.42. The molecule has 2 aliphatic rings. The number of piperazine rings is 1. The van der Waals surface area contributed by atoms with Gasteiger partial charge in [0.15, 0.2) is 0 Å². The molecule has 5 heteroatoms. The van der Waals surface area contributed by atoms with E-state index >= 15 is 0 Å². The van der Waals surface area contributed by atoms with E-state index in [-0.39, 0.29) is 0 Å². The van der Waals surface area contributed by atoms with Crippen molar-refractivity contribution in [3.63, 3.8) is 0 Å². The molecule has 2 saturated heterocycles. The van der Waals surface area contributed by atoms with Gasteiger partial charge in [-0.25, -0.2) is 0 Å². The van der Waals surface area contributed by atoms with Crippen LogP contribution in [0.1, 0.15) is 5.56 Å². The number of nitrogens with zero attached hydrogens (tertiary/aromatic N) is 3. The number of hydrogen-bond acceptors (Lipinski definition) is 4. The quantitative estimate of drug-likeness (QED) is 0.894. The lowest BCUT2D eigenvalue weighted by atomic mass is 10.0. The molecule has 1 aromatic rings. The van der Waals surface area contributed by atoms with Crippen LogP contribution in [0.5, 0.6) is 0 Å². The monoisotopic (exact) mass is 320 g/mol. The molecular weight excluding hydrogens is 304 g/mol. The summed E-state index contributed by atoms with van der Waals surface area (Å²) in [6.45, 7) is 6.55. The second-order valence-corrected chi connectivity index (χ2v) is 6.03. The Bertz CT molecular complexity index is 499. The lowest BCUT2D eigenvalue weighted by Crippen LogP contribution is -2.63. The predicted molar refractivity (Wildman–Crippen MR) is 79.3 cm³/mol. The van der Waals surface area contributed by atoms with Gasteiger partial charge >= 0.3 is 0 Å². The molecule has 2 heterocycles. The van der Waals surface area contributed by atoms with E-state index in [1.807, 2.05) is 18.2 Å². The molecule has 2 aliphatic heterocycles. The fourth-order valence-electron chi connectivity index (χ4n) is 2.80. The number of halogens is 1. The number of rotatable bonds is 2. The van der Waals surface area contributed by atoms with Gasteiger partial charge < -0.3 is 10.2 Å². The summed E-state index contributed by atoms with van der Waals surface area (Å²) in [7, 11) is 0. The number of anilines is 1. The molecule has 3 rings (SSSR count). The van der Waals surface area contributed by atoms with Crippen molar-refractivity contribution < 1.29 is 0 Å². The molecule has 0 spiro atoms. The van der Waals surface area contributed by atoms with Crippen LogP contribution in [0.2, 0.25) is 0 Å². The van der Waals surface area contributed by atoms with Crippen LogP contribution >= 0.6 is 15.9 Å². The molecule has 0 bridgehead atoms. The average molecular weight is 321 g/mol. The minimum absolute atomic E-state index is 0.650. The van der Waals surface area contributed by atoms with Crippen molar-refractivity contribution in [2.24, 2.45) is 0 Å². The summed E-state index contributed by atoms with van der Waals surface area (Å²) in [5.41, 5.74) is 1.82. The molecule has 1 N–H and O–H groups in total. The topological polar surface area (TPSA) is 42.3 Å². The number of nitrogens with one attached hydrogen (secondary N) is 1. The SMILES string of the molecule is N#Cc1cc(Br)ccc1N1CC(N2CCNCC2)C1. The molecule has 0 aliphatic carbocycles. The van der Waals surface area contributed by atoms with Crippen molar-refractivity contribution in [2.75, 3.05) is 44.2 Å². The highest BCUT2D eigenvalue weighted by Gasteiger charge is 2.33. The zero-order chi connectivity index (χ0) is 13.2. The maximum absolute atomic E-state index is 9.21. The molecule has 0 saturated carbocycles. The standard InChI is InChI=1S/C14H17BrN4/c15-12-1-2-14(11(7-12)8-16)19-9-13(10-19)18-5-3-17-4-6-18/h1-2,7,13,17H,3-6,9-10H2. The van der Waals surface area contributed by atoms with Gasteiger partial charge in [0, 0.05) is 49.8 Å². The van der Waals surface area contributed by atoms with Crippen molar-refractivity contribution in [3.8, 4) is 6.07 Å². The third-order valence-corrected chi connectivity index (χ3v) is 4.44. The Morgan fingerprint density at radius 2 is 2.00 bits per heavy atom. The van der Waals surface area contributed by atoms with E-state index in [0.29, 0.717) is 6.04 Å². The number of hydrogen-bond donors (Lipinski definition) is 1. The lowest BCUT2D eigenvalue weighted by molar-refractivity contribution is 0.147. The van der Waals surface area contributed by atoms with Crippen molar-refractivity contribution in [1.82, 2.24) is 10.2 Å². The van der Waals surface area contributed by atoms with E-state index in [0.717, 1.165) is 55.0 Å². The van der Waals surface area contributed by atoms with Gasteiger partial charge in [0.05, 0.1) is 11.3 Å². The molecule has 100 valence electrons. The van der Waals surface area contributed by atoms with E-state index in [2.05, 4.69) is 37.1 Å². The van der Waals surface area contributed by atoms with Gasteiger partial charge in [0.2, 0.25) is 0 Å². The van der Waals surface area contributed by atoms with Crippen LogP contribution < -0.4 is 10.2 Å². The minimum atomic E-state index is 0.650. The maximum Gasteiger partial charge on any atom is 0.101 e. The Balaban J connectivity index is 1.65. The third-order valence-electron chi connectivity index (χ3n) is 3.95. The van der Waals surface area contributed by atoms with Crippen molar-refractivity contribution in [3.05, 3.63) is 28.2 Å². The highest BCUT2D eigenvalue weighted by molar-refractivity contribution is 9.10. The molecule has 0 amide bonds. The predicted octanol–water partition coefficient (Wildman–Crippen LogP) is 1.41. The highest BCUT2D eigenvalue weighted by atomic mass is 79.9. The van der Waals surface area contributed by atoms with Gasteiger partial charge in [0.25, 0.3) is 0 Å². The molecule has 4 nitrogen and oxygen atoms in total. The first-order chi connectivity index (χ1) is 9.28. The smallest absolute Gasteiger partial charge is 0.101 e. The summed E-state index contributed by atoms with van der Waals surface area (Å²) in [4.78, 5) is 4.86. The lowest BCUT2D eigenvalue weighted by Gasteiger charge is -2.48. The number of nitriles is 1. The van der Waals surface area contributed by atoms with Crippen LogP contribution in [0.25, 0.3) is 0 Å². The van der Waals surface area contributed by atoms with Crippen LogP contribution in [0.4, 0.5) is 5.69 Å². The normalized spacial score (nSPS) is 20.9. The Hall–Kier alpha value is -1.09. The Kier molecular flexibility index (Phi) is 3.74. The zero-order valence-electron chi connectivity index (χ0n) is 10.8. The third kappa shape index (κ3) is 2.62. The van der Waals surface area contributed by atoms with Crippen LogP contribution in [0, 0.1) is 11.3 Å². The largest absolute Gasteiger partial charge is 0.367 e. The first kappa shape index (κ1) is 12.9. The van der Waals surface area contributed by atoms with Crippen molar-refractivity contribution in [1.29, 1.82) is 5.26 Å². The molecule has 1 aromatic carbocycles. The first-order valence-corrected chi connectivity index (χ1v) is 7.46. The first-order valence-electron chi connectivity index (χ1n) is 6.67. The molecular formula is C14H17BrN4. The number of benzene rings is 1. The van der Waals surface area contributed by atoms with Gasteiger partial charge in [-0.3, -0.25) is 4.90 Å². The molecule has 2 fully saturated rings. The summed E-state index contributed by atoms with van der Waals surface area (Å²) in [5, 5.41) is 12.6. The highest BCUT2D eigenvalue weighted by Crippen LogP contribution is 2.29. The van der Waals surface area contributed by atoms with Crippen LogP contribution in [0.3, 0.4) is 0 Å². The molecule has 19 heavy (non-hydrogen) atoms. The second kappa shape index (κ2) is 5.49. The fraction of sp³-hybridized carbons (Fsp3) is 0.500. The molecule has 0 radical (unpaired) electrons. The van der Waals surface area contributed by atoms with Gasteiger partial charge in [-0.15, -0.1) is 0 Å². The maximum atomic E-state index is 9.21. The van der Waals surface area contributed by atoms with E-state index in [1.54, 1.807) is 0 Å². The summed E-state index contributed by atoms with van der Waals surface area (Å²) in [6, 6.07) is 8.88. The summed E-state index contributed by atoms with van der Waals surface area (Å²) in [5.74, 6) is 0. The van der Waals surface area contributed by atoms with Crippen molar-refractivity contribution in [2.45, 2.75) is 6.04 Å². The summed E-state index contributed by atoms with van der Waals surface area (Å²) < 4.78 is 0.965.